The number of nitrogens with two attached hydrogens (primary N) is 1. The Morgan fingerprint density at radius 2 is 1.95 bits per heavy atom. The Hall–Kier alpha value is -1.63. The maximum atomic E-state index is 13.3. The van der Waals surface area contributed by atoms with Crippen LogP contribution >= 0.6 is 0 Å². The fourth-order valence-electron chi connectivity index (χ4n) is 1.98. The Kier molecular flexibility index (Phi) is 5.10. The van der Waals surface area contributed by atoms with Gasteiger partial charge in [0.1, 0.15) is 5.82 Å². The van der Waals surface area contributed by atoms with Crippen molar-refractivity contribution in [2.24, 2.45) is 5.73 Å². The summed E-state index contributed by atoms with van der Waals surface area (Å²) in [7, 11) is 0. The molecule has 3 N–H and O–H groups in total. The number of carbonyl (C=O) groups is 1. The fourth-order valence-corrected chi connectivity index (χ4v) is 1.98. The van der Waals surface area contributed by atoms with Crippen molar-refractivity contribution in [2.75, 3.05) is 0 Å². The molecule has 0 radical (unpaired) electrons. The zero-order valence-corrected chi connectivity index (χ0v) is 10.7. The first kappa shape index (κ1) is 16.4. The van der Waals surface area contributed by atoms with Crippen molar-refractivity contribution in [1.29, 1.82) is 0 Å². The highest BCUT2D eigenvalue weighted by atomic mass is 19.4. The first-order chi connectivity index (χ1) is 9.15. The van der Waals surface area contributed by atoms with E-state index in [1.54, 1.807) is 6.92 Å². The second-order valence-corrected chi connectivity index (χ2v) is 4.55. The standard InChI is InChI=1S/C13H15F4NO2/c1-2-11(18)10(6-12(19)20)7-3-8(13(15,16)17)5-9(14)4-7/h3-5,10-11H,2,6,18H2,1H3,(H,19,20). The lowest BCUT2D eigenvalue weighted by molar-refractivity contribution is -0.138. The molecular formula is C13H15F4NO2. The van der Waals surface area contributed by atoms with Gasteiger partial charge >= 0.3 is 12.1 Å². The average Bonchev–Trinajstić information content (AvgIpc) is 2.33. The molecule has 0 saturated carbocycles. The van der Waals surface area contributed by atoms with E-state index in [-0.39, 0.29) is 5.56 Å². The van der Waals surface area contributed by atoms with E-state index in [9.17, 15) is 22.4 Å². The van der Waals surface area contributed by atoms with Crippen LogP contribution in [0.2, 0.25) is 0 Å². The van der Waals surface area contributed by atoms with Gasteiger partial charge in [0.05, 0.1) is 12.0 Å². The van der Waals surface area contributed by atoms with Crippen LogP contribution in [0, 0.1) is 5.82 Å². The smallest absolute Gasteiger partial charge is 0.416 e. The third-order valence-corrected chi connectivity index (χ3v) is 3.06. The average molecular weight is 293 g/mol. The zero-order chi connectivity index (χ0) is 15.5. The fraction of sp³-hybridized carbons (Fsp3) is 0.462. The summed E-state index contributed by atoms with van der Waals surface area (Å²) in [5, 5.41) is 8.82. The van der Waals surface area contributed by atoms with Gasteiger partial charge in [-0.15, -0.1) is 0 Å². The molecule has 2 unspecified atom stereocenters. The van der Waals surface area contributed by atoms with Crippen LogP contribution in [-0.2, 0) is 11.0 Å². The van der Waals surface area contributed by atoms with Gasteiger partial charge in [-0.05, 0) is 30.2 Å². The van der Waals surface area contributed by atoms with E-state index in [0.29, 0.717) is 12.5 Å². The molecule has 0 spiro atoms. The molecule has 0 aliphatic heterocycles. The number of alkyl halides is 3. The molecule has 2 atom stereocenters. The number of hydrogen-bond acceptors (Lipinski definition) is 2. The summed E-state index contributed by atoms with van der Waals surface area (Å²) in [6.07, 6.45) is -4.77. The highest BCUT2D eigenvalue weighted by Crippen LogP contribution is 2.33. The lowest BCUT2D eigenvalue weighted by Gasteiger charge is -2.22. The number of benzene rings is 1. The molecule has 0 saturated heterocycles. The topological polar surface area (TPSA) is 63.3 Å². The molecule has 1 aromatic carbocycles. The molecule has 0 bridgehead atoms. The maximum Gasteiger partial charge on any atom is 0.416 e. The summed E-state index contributed by atoms with van der Waals surface area (Å²) in [6, 6.07) is 1.37. The summed E-state index contributed by atoms with van der Waals surface area (Å²) < 4.78 is 51.3. The minimum atomic E-state index is -4.69. The highest BCUT2D eigenvalue weighted by molar-refractivity contribution is 5.68. The van der Waals surface area contributed by atoms with E-state index in [1.807, 2.05) is 0 Å². The predicted molar refractivity (Wildman–Crippen MR) is 64.7 cm³/mol. The van der Waals surface area contributed by atoms with Crippen LogP contribution in [0.3, 0.4) is 0 Å². The second kappa shape index (κ2) is 6.21. The van der Waals surface area contributed by atoms with Crippen LogP contribution in [0.5, 0.6) is 0 Å². The monoisotopic (exact) mass is 293 g/mol. The number of aliphatic carboxylic acids is 1. The SMILES string of the molecule is CCC(N)C(CC(=O)O)c1cc(F)cc(C(F)(F)F)c1. The van der Waals surface area contributed by atoms with Crippen molar-refractivity contribution in [2.45, 2.75) is 37.9 Å². The molecular weight excluding hydrogens is 278 g/mol. The normalized spacial score (nSPS) is 14.9. The summed E-state index contributed by atoms with van der Waals surface area (Å²) in [4.78, 5) is 10.8. The van der Waals surface area contributed by atoms with Crippen molar-refractivity contribution < 1.29 is 27.5 Å². The number of carboxylic acid groups (broad SMARTS) is 1. The quantitative estimate of drug-likeness (QED) is 0.820. The van der Waals surface area contributed by atoms with Crippen molar-refractivity contribution >= 4 is 5.97 Å². The van der Waals surface area contributed by atoms with E-state index in [1.165, 1.54) is 0 Å². The Morgan fingerprint density at radius 3 is 2.40 bits per heavy atom. The summed E-state index contributed by atoms with van der Waals surface area (Å²) >= 11 is 0. The van der Waals surface area contributed by atoms with Crippen LogP contribution < -0.4 is 5.73 Å². The molecule has 0 heterocycles. The first-order valence-electron chi connectivity index (χ1n) is 6.00. The van der Waals surface area contributed by atoms with Gasteiger partial charge in [-0.2, -0.15) is 13.2 Å². The van der Waals surface area contributed by atoms with Crippen LogP contribution in [0.1, 0.15) is 36.8 Å². The highest BCUT2D eigenvalue weighted by Gasteiger charge is 2.33. The van der Waals surface area contributed by atoms with E-state index in [4.69, 9.17) is 10.8 Å². The van der Waals surface area contributed by atoms with Gasteiger partial charge < -0.3 is 10.8 Å². The molecule has 0 amide bonds. The van der Waals surface area contributed by atoms with Crippen molar-refractivity contribution in [1.82, 2.24) is 0 Å². The first-order valence-corrected chi connectivity index (χ1v) is 6.00. The molecule has 0 fully saturated rings. The van der Waals surface area contributed by atoms with Crippen LogP contribution in [0.4, 0.5) is 17.6 Å². The number of carboxylic acids is 1. The Labute approximate surface area is 113 Å². The largest absolute Gasteiger partial charge is 0.481 e. The Bertz CT molecular complexity index is 488. The second-order valence-electron chi connectivity index (χ2n) is 4.55. The van der Waals surface area contributed by atoms with E-state index in [2.05, 4.69) is 0 Å². The van der Waals surface area contributed by atoms with E-state index < -0.39 is 41.9 Å². The third-order valence-electron chi connectivity index (χ3n) is 3.06. The minimum absolute atomic E-state index is 0.0472. The molecule has 1 aromatic rings. The number of rotatable bonds is 5. The van der Waals surface area contributed by atoms with Gasteiger partial charge in [-0.3, -0.25) is 4.79 Å². The lowest BCUT2D eigenvalue weighted by Crippen LogP contribution is -2.29. The van der Waals surface area contributed by atoms with Gasteiger partial charge in [0.15, 0.2) is 0 Å². The van der Waals surface area contributed by atoms with Crippen LogP contribution in [0.15, 0.2) is 18.2 Å². The third kappa shape index (κ3) is 4.19. The summed E-state index contributed by atoms with van der Waals surface area (Å²) in [5.41, 5.74) is 4.55. The molecule has 0 aliphatic rings. The van der Waals surface area contributed by atoms with Gasteiger partial charge in [0.25, 0.3) is 0 Å². The van der Waals surface area contributed by atoms with Gasteiger partial charge in [0.2, 0.25) is 0 Å². The molecule has 7 heteroatoms. The molecule has 0 aromatic heterocycles. The zero-order valence-electron chi connectivity index (χ0n) is 10.7. The van der Waals surface area contributed by atoms with Crippen molar-refractivity contribution in [3.05, 3.63) is 35.1 Å². The van der Waals surface area contributed by atoms with Gasteiger partial charge in [-0.25, -0.2) is 4.39 Å². The Balaban J connectivity index is 3.26. The van der Waals surface area contributed by atoms with Gasteiger partial charge in [-0.1, -0.05) is 6.92 Å². The van der Waals surface area contributed by atoms with E-state index in [0.717, 1.165) is 12.1 Å². The van der Waals surface area contributed by atoms with Crippen molar-refractivity contribution in [3.63, 3.8) is 0 Å². The molecule has 20 heavy (non-hydrogen) atoms. The predicted octanol–water partition coefficient (Wildman–Crippen LogP) is 3.14. The molecule has 0 aliphatic carbocycles. The Morgan fingerprint density at radius 1 is 1.35 bits per heavy atom. The van der Waals surface area contributed by atoms with Gasteiger partial charge in [0, 0.05) is 12.0 Å². The minimum Gasteiger partial charge on any atom is -0.481 e. The summed E-state index contributed by atoms with van der Waals surface area (Å²) in [6.45, 7) is 1.68. The van der Waals surface area contributed by atoms with Crippen LogP contribution in [0.25, 0.3) is 0 Å². The molecule has 1 rings (SSSR count). The van der Waals surface area contributed by atoms with Crippen LogP contribution in [-0.4, -0.2) is 17.1 Å². The van der Waals surface area contributed by atoms with E-state index >= 15 is 0 Å². The number of hydrogen-bond donors (Lipinski definition) is 2. The molecule has 3 nitrogen and oxygen atoms in total. The lowest BCUT2D eigenvalue weighted by atomic mass is 9.86. The van der Waals surface area contributed by atoms with Crippen molar-refractivity contribution in [3.8, 4) is 0 Å². The number of halogens is 4. The molecule has 112 valence electrons. The summed E-state index contributed by atoms with van der Waals surface area (Å²) in [5.74, 6) is -3.13. The maximum absolute atomic E-state index is 13.3.